The fourth-order valence-electron chi connectivity index (χ4n) is 0.925. The van der Waals surface area contributed by atoms with Crippen molar-refractivity contribution in [2.45, 2.75) is 8.82 Å². The Morgan fingerprint density at radius 2 is 1.80 bits per heavy atom. The largest absolute Gasteiger partial charge is 0.226 e. The van der Waals surface area contributed by atoms with Crippen LogP contribution in [0.3, 0.4) is 0 Å². The van der Waals surface area contributed by atoms with Crippen LogP contribution in [0.15, 0.2) is 18.2 Å². The average Bonchev–Trinajstić information content (AvgIpc) is 2.10. The van der Waals surface area contributed by atoms with Gasteiger partial charge < -0.3 is 0 Å². The molecule has 84 valence electrons. The van der Waals surface area contributed by atoms with Gasteiger partial charge in [0, 0.05) is 0 Å². The first-order valence-electron chi connectivity index (χ1n) is 3.76. The molecule has 0 atom stereocenters. The molecule has 0 radical (unpaired) electrons. The molecule has 0 aliphatic rings. The van der Waals surface area contributed by atoms with Crippen molar-refractivity contribution in [3.8, 4) is 0 Å². The van der Waals surface area contributed by atoms with Crippen molar-refractivity contribution in [2.75, 3.05) is 0 Å². The van der Waals surface area contributed by atoms with Crippen LogP contribution in [0.1, 0.15) is 5.56 Å². The number of rotatable bonds is 3. The highest BCUT2D eigenvalue weighted by atomic mass is 79.9. The molecule has 0 aliphatic carbocycles. The monoisotopic (exact) mass is 394 g/mol. The lowest BCUT2D eigenvalue weighted by molar-refractivity contribution is 0.599. The maximum Gasteiger partial charge on any atom is 0.177 e. The molecule has 1 rings (SSSR count). The van der Waals surface area contributed by atoms with Crippen LogP contribution in [-0.4, -0.2) is 11.5 Å². The van der Waals surface area contributed by atoms with E-state index in [4.69, 9.17) is 23.2 Å². The lowest BCUT2D eigenvalue weighted by Crippen LogP contribution is -2.10. The van der Waals surface area contributed by atoms with Crippen molar-refractivity contribution in [1.29, 1.82) is 0 Å². The molecule has 0 saturated carbocycles. The SMILES string of the molecule is O=S(=O)(Cc1ccc(Cl)c(Cl)c1)C(Br)Br. The minimum atomic E-state index is -3.25. The molecule has 1 aromatic rings. The van der Waals surface area contributed by atoms with Crippen molar-refractivity contribution in [2.24, 2.45) is 0 Å². The first-order chi connectivity index (χ1) is 6.83. The Morgan fingerprint density at radius 3 is 2.27 bits per heavy atom. The van der Waals surface area contributed by atoms with Gasteiger partial charge in [-0.15, -0.1) is 0 Å². The van der Waals surface area contributed by atoms with E-state index in [2.05, 4.69) is 31.9 Å². The molecule has 1 aromatic carbocycles. The second kappa shape index (κ2) is 5.36. The van der Waals surface area contributed by atoms with E-state index in [9.17, 15) is 8.42 Å². The van der Waals surface area contributed by atoms with Gasteiger partial charge in [-0.25, -0.2) is 8.42 Å². The standard InChI is InChI=1S/C8H6Br2Cl2O2S/c9-8(10)15(13,14)4-5-1-2-6(11)7(12)3-5/h1-3,8H,4H2. The highest BCUT2D eigenvalue weighted by Gasteiger charge is 2.20. The Bertz CT molecular complexity index is 460. The number of hydrogen-bond acceptors (Lipinski definition) is 2. The van der Waals surface area contributed by atoms with E-state index in [1.165, 1.54) is 0 Å². The Kier molecular flexibility index (Phi) is 4.92. The average molecular weight is 397 g/mol. The summed E-state index contributed by atoms with van der Waals surface area (Å²) in [7, 11) is -3.25. The van der Waals surface area contributed by atoms with Crippen molar-refractivity contribution in [3.05, 3.63) is 33.8 Å². The summed E-state index contributed by atoms with van der Waals surface area (Å²) in [6.45, 7) is 0. The Labute approximate surface area is 115 Å². The first kappa shape index (κ1) is 13.8. The molecule has 2 nitrogen and oxygen atoms in total. The molecule has 0 spiro atoms. The predicted octanol–water partition coefficient (Wildman–Crippen LogP) is 3.98. The van der Waals surface area contributed by atoms with E-state index < -0.39 is 12.9 Å². The summed E-state index contributed by atoms with van der Waals surface area (Å²) < 4.78 is 22.3. The molecule has 7 heteroatoms. The van der Waals surface area contributed by atoms with Gasteiger partial charge in [-0.3, -0.25) is 0 Å². The Morgan fingerprint density at radius 1 is 1.20 bits per heavy atom. The Hall–Kier alpha value is 0.710. The van der Waals surface area contributed by atoms with Crippen LogP contribution in [0.4, 0.5) is 0 Å². The summed E-state index contributed by atoms with van der Waals surface area (Å²) in [6, 6.07) is 4.75. The quantitative estimate of drug-likeness (QED) is 0.724. The molecule has 0 bridgehead atoms. The fraction of sp³-hybridized carbons (Fsp3) is 0.250. The third-order valence-corrected chi connectivity index (χ3v) is 7.06. The fourth-order valence-corrected chi connectivity index (χ4v) is 2.81. The van der Waals surface area contributed by atoms with Gasteiger partial charge in [-0.1, -0.05) is 61.1 Å². The van der Waals surface area contributed by atoms with E-state index in [-0.39, 0.29) is 5.75 Å². The summed E-state index contributed by atoms with van der Waals surface area (Å²) in [5.41, 5.74) is 0.605. The van der Waals surface area contributed by atoms with E-state index in [0.29, 0.717) is 15.6 Å². The molecule has 0 aromatic heterocycles. The zero-order chi connectivity index (χ0) is 11.6. The van der Waals surface area contributed by atoms with Crippen LogP contribution in [0.5, 0.6) is 0 Å². The second-order valence-electron chi connectivity index (χ2n) is 2.82. The molecule has 0 N–H and O–H groups in total. The highest BCUT2D eigenvalue weighted by molar-refractivity contribution is 9.27. The van der Waals surface area contributed by atoms with Crippen molar-refractivity contribution >= 4 is 64.9 Å². The summed E-state index contributed by atoms with van der Waals surface area (Å²) in [6.07, 6.45) is 0. The number of hydrogen-bond donors (Lipinski definition) is 0. The van der Waals surface area contributed by atoms with Crippen LogP contribution < -0.4 is 0 Å². The maximum atomic E-state index is 11.5. The van der Waals surface area contributed by atoms with Gasteiger partial charge in [0.05, 0.1) is 15.8 Å². The van der Waals surface area contributed by atoms with Crippen molar-refractivity contribution in [1.82, 2.24) is 0 Å². The molecule has 0 saturated heterocycles. The molecule has 0 aliphatic heterocycles. The van der Waals surface area contributed by atoms with Gasteiger partial charge in [0.2, 0.25) is 0 Å². The topological polar surface area (TPSA) is 34.1 Å². The van der Waals surface area contributed by atoms with Crippen LogP contribution in [0.25, 0.3) is 0 Å². The normalized spacial score (nSPS) is 12.1. The number of alkyl halides is 2. The predicted molar refractivity (Wildman–Crippen MR) is 70.7 cm³/mol. The lowest BCUT2D eigenvalue weighted by Gasteiger charge is -2.06. The van der Waals surface area contributed by atoms with Crippen LogP contribution in [-0.2, 0) is 15.6 Å². The van der Waals surface area contributed by atoms with Crippen LogP contribution in [0, 0.1) is 0 Å². The van der Waals surface area contributed by atoms with E-state index in [0.717, 1.165) is 0 Å². The van der Waals surface area contributed by atoms with Gasteiger partial charge in [-0.05, 0) is 17.7 Å². The summed E-state index contributed by atoms with van der Waals surface area (Å²) in [5.74, 6) is -0.0922. The molecule has 0 amide bonds. The van der Waals surface area contributed by atoms with Gasteiger partial charge >= 0.3 is 0 Å². The third kappa shape index (κ3) is 3.89. The van der Waals surface area contributed by atoms with Gasteiger partial charge in [0.25, 0.3) is 0 Å². The van der Waals surface area contributed by atoms with Gasteiger partial charge in [0.1, 0.15) is 0 Å². The van der Waals surface area contributed by atoms with Crippen molar-refractivity contribution in [3.63, 3.8) is 0 Å². The summed E-state index contributed by atoms with van der Waals surface area (Å²) >= 11 is 17.4. The van der Waals surface area contributed by atoms with Crippen molar-refractivity contribution < 1.29 is 8.42 Å². The van der Waals surface area contributed by atoms with E-state index >= 15 is 0 Å². The summed E-state index contributed by atoms with van der Waals surface area (Å²) in [5, 5.41) is 0.761. The molecule has 0 heterocycles. The molecular weight excluding hydrogens is 391 g/mol. The zero-order valence-corrected chi connectivity index (χ0v) is 12.8. The minimum Gasteiger partial charge on any atom is -0.226 e. The van der Waals surface area contributed by atoms with Crippen LogP contribution in [0.2, 0.25) is 10.0 Å². The minimum absolute atomic E-state index is 0.0922. The van der Waals surface area contributed by atoms with E-state index in [1.807, 2.05) is 0 Å². The first-order valence-corrected chi connectivity index (χ1v) is 8.07. The third-order valence-electron chi connectivity index (χ3n) is 1.62. The zero-order valence-electron chi connectivity index (χ0n) is 7.25. The van der Waals surface area contributed by atoms with E-state index in [1.54, 1.807) is 18.2 Å². The van der Waals surface area contributed by atoms with Gasteiger partial charge in [0.15, 0.2) is 12.9 Å². The van der Waals surface area contributed by atoms with Crippen LogP contribution >= 0.6 is 55.1 Å². The number of benzene rings is 1. The highest BCUT2D eigenvalue weighted by Crippen LogP contribution is 2.26. The molecule has 15 heavy (non-hydrogen) atoms. The maximum absolute atomic E-state index is 11.5. The Balaban J connectivity index is 2.96. The molecular formula is C8H6Br2Cl2O2S. The number of sulfone groups is 1. The van der Waals surface area contributed by atoms with Gasteiger partial charge in [-0.2, -0.15) is 0 Å². The summed E-state index contributed by atoms with van der Waals surface area (Å²) in [4.78, 5) is 0. The second-order valence-corrected chi connectivity index (χ2v) is 9.99. The smallest absolute Gasteiger partial charge is 0.177 e. The number of halogens is 4. The molecule has 0 unspecified atom stereocenters. The molecule has 0 fully saturated rings. The lowest BCUT2D eigenvalue weighted by atomic mass is 10.2.